The molecule has 1 heterocycles. The summed E-state index contributed by atoms with van der Waals surface area (Å²) >= 11 is 0. The quantitative estimate of drug-likeness (QED) is 0.0218. The number of hydrazine groups is 1. The Morgan fingerprint density at radius 2 is 1.72 bits per heavy atom. The highest BCUT2D eigenvalue weighted by Gasteiger charge is 2.19. The number of carboxylic acid groups (broad SMARTS) is 1. The lowest BCUT2D eigenvalue weighted by Crippen LogP contribution is -2.33. The summed E-state index contributed by atoms with van der Waals surface area (Å²) in [6.45, 7) is 1.57. The monoisotopic (exact) mass is 651 g/mol. The van der Waals surface area contributed by atoms with Crippen molar-refractivity contribution in [2.24, 2.45) is 16.7 Å². The fourth-order valence-corrected chi connectivity index (χ4v) is 4.49. The van der Waals surface area contributed by atoms with E-state index in [4.69, 9.17) is 30.5 Å². The zero-order chi connectivity index (χ0) is 33.8. The van der Waals surface area contributed by atoms with E-state index in [-0.39, 0.29) is 37.8 Å². The van der Waals surface area contributed by atoms with Gasteiger partial charge in [0, 0.05) is 5.56 Å². The van der Waals surface area contributed by atoms with E-state index >= 15 is 0 Å². The molecule has 0 radical (unpaired) electrons. The Morgan fingerprint density at radius 3 is 2.45 bits per heavy atom. The van der Waals surface area contributed by atoms with Crippen LogP contribution in [0.15, 0.2) is 71.8 Å². The summed E-state index contributed by atoms with van der Waals surface area (Å²) in [5.41, 5.74) is 10.4. The summed E-state index contributed by atoms with van der Waals surface area (Å²) in [5.74, 6) is 4.85. The second-order valence-electron chi connectivity index (χ2n) is 9.60. The van der Waals surface area contributed by atoms with Gasteiger partial charge in [0.05, 0.1) is 43.0 Å². The first-order valence-corrected chi connectivity index (χ1v) is 14.2. The first-order valence-electron chi connectivity index (χ1n) is 14.2. The number of carboxylic acids is 1. The van der Waals surface area contributed by atoms with Gasteiger partial charge in [-0.25, -0.2) is 15.4 Å². The van der Waals surface area contributed by atoms with Gasteiger partial charge in [0.2, 0.25) is 0 Å². The van der Waals surface area contributed by atoms with Gasteiger partial charge in [0.1, 0.15) is 13.2 Å². The number of rotatable bonds is 17. The molecule has 0 spiro atoms. The maximum absolute atomic E-state index is 11.9. The summed E-state index contributed by atoms with van der Waals surface area (Å²) < 4.78 is 22.2. The number of carbonyl (C=O) groups excluding carboxylic acids is 1. The number of benzene rings is 3. The molecule has 0 fully saturated rings. The lowest BCUT2D eigenvalue weighted by atomic mass is 9.98. The third kappa shape index (κ3) is 9.28. The van der Waals surface area contributed by atoms with Crippen molar-refractivity contribution in [1.82, 2.24) is 14.7 Å². The van der Waals surface area contributed by atoms with Crippen molar-refractivity contribution in [2.75, 3.05) is 39.8 Å². The standard InChI is InChI=1S/C30H33N7O10/c1-2-44-29-33-25-9-5-8-24(28(38)39)26(25)35(29)18-20-10-12-21(13-11-20)22-6-3-4-7-23(22)27(31)34-36(32)19-46-30(40)45-16-14-43-15-17-47-37(41)42/h3-13H,2,14-19,32H2,1H3,(H2,31,34)(H,38,39). The Morgan fingerprint density at radius 1 is 1.00 bits per heavy atom. The number of hydrogen-bond acceptors (Lipinski definition) is 13. The van der Waals surface area contributed by atoms with Gasteiger partial charge in [-0.3, -0.25) is 4.57 Å². The second kappa shape index (κ2) is 16.4. The van der Waals surface area contributed by atoms with Gasteiger partial charge in [-0.05, 0) is 35.7 Å². The lowest BCUT2D eigenvalue weighted by molar-refractivity contribution is -0.758. The van der Waals surface area contributed by atoms with Crippen molar-refractivity contribution in [1.29, 1.82) is 0 Å². The van der Waals surface area contributed by atoms with E-state index in [2.05, 4.69) is 14.9 Å². The summed E-state index contributed by atoms with van der Waals surface area (Å²) in [6.07, 6.45) is -1.03. The number of para-hydroxylation sites is 1. The van der Waals surface area contributed by atoms with Crippen molar-refractivity contribution in [3.05, 3.63) is 93.5 Å². The average Bonchev–Trinajstić information content (AvgIpc) is 3.40. The predicted octanol–water partition coefficient (Wildman–Crippen LogP) is 2.98. The number of aromatic nitrogens is 2. The number of nitrogens with zero attached hydrogens (tertiary/aromatic N) is 5. The largest absolute Gasteiger partial charge is 0.510 e. The molecule has 0 amide bonds. The Balaban J connectivity index is 1.40. The average molecular weight is 652 g/mol. The van der Waals surface area contributed by atoms with E-state index in [0.717, 1.165) is 21.8 Å². The van der Waals surface area contributed by atoms with Crippen LogP contribution in [0.3, 0.4) is 0 Å². The Hall–Kier alpha value is -5.94. The molecule has 5 N–H and O–H groups in total. The number of hydrogen-bond donors (Lipinski definition) is 3. The molecule has 17 heteroatoms. The number of imidazole rings is 1. The van der Waals surface area contributed by atoms with Gasteiger partial charge < -0.3 is 34.6 Å². The number of hydrazone groups is 1. The first kappa shape index (κ1) is 33.9. The van der Waals surface area contributed by atoms with Crippen LogP contribution in [0.25, 0.3) is 22.2 Å². The van der Waals surface area contributed by atoms with Crippen LogP contribution in [0.1, 0.15) is 28.4 Å². The smallest absolute Gasteiger partial charge is 0.478 e. The van der Waals surface area contributed by atoms with E-state index < -0.39 is 23.9 Å². The van der Waals surface area contributed by atoms with Crippen LogP contribution in [0.5, 0.6) is 6.01 Å². The SMILES string of the molecule is CCOc1nc2cccc(C(=O)O)c2n1Cc1ccc(-c2ccccc2/C(N)=N/N(N)COC(=O)OCCOCCO[N+](=O)[O-])cc1. The summed E-state index contributed by atoms with van der Waals surface area (Å²) in [5, 5.41) is 23.8. The number of nitrogens with two attached hydrogens (primary N) is 2. The Labute approximate surface area is 267 Å². The van der Waals surface area contributed by atoms with Gasteiger partial charge in [-0.2, -0.15) is 10.1 Å². The van der Waals surface area contributed by atoms with Gasteiger partial charge in [0.15, 0.2) is 12.6 Å². The zero-order valence-electron chi connectivity index (χ0n) is 25.3. The van der Waals surface area contributed by atoms with E-state index in [1.807, 2.05) is 43.3 Å². The molecule has 1 aromatic heterocycles. The molecule has 0 atom stereocenters. The lowest BCUT2D eigenvalue weighted by Gasteiger charge is -2.15. The van der Waals surface area contributed by atoms with E-state index in [1.54, 1.807) is 28.8 Å². The van der Waals surface area contributed by atoms with Crippen LogP contribution in [-0.4, -0.2) is 82.6 Å². The van der Waals surface area contributed by atoms with Crippen LogP contribution in [0.2, 0.25) is 0 Å². The maximum Gasteiger partial charge on any atom is 0.510 e. The molecule has 0 aliphatic carbocycles. The molecule has 0 aliphatic rings. The molecule has 0 bridgehead atoms. The van der Waals surface area contributed by atoms with Crippen LogP contribution < -0.4 is 16.3 Å². The number of amidine groups is 1. The molecule has 4 rings (SSSR count). The highest BCUT2D eigenvalue weighted by Crippen LogP contribution is 2.28. The third-order valence-corrected chi connectivity index (χ3v) is 6.47. The molecule has 0 unspecified atom stereocenters. The fourth-order valence-electron chi connectivity index (χ4n) is 4.49. The summed E-state index contributed by atoms with van der Waals surface area (Å²) in [4.78, 5) is 42.4. The molecular formula is C30H33N7O10. The van der Waals surface area contributed by atoms with Crippen molar-refractivity contribution in [2.45, 2.75) is 13.5 Å². The topological polar surface area (TPSA) is 229 Å². The number of fused-ring (bicyclic) bond motifs is 1. The van der Waals surface area contributed by atoms with E-state index in [9.17, 15) is 24.8 Å². The van der Waals surface area contributed by atoms with Gasteiger partial charge in [-0.1, -0.05) is 54.6 Å². The Kier molecular flexibility index (Phi) is 11.8. The zero-order valence-corrected chi connectivity index (χ0v) is 25.3. The highest BCUT2D eigenvalue weighted by molar-refractivity contribution is 6.03. The van der Waals surface area contributed by atoms with Gasteiger partial charge in [0.25, 0.3) is 11.1 Å². The predicted molar refractivity (Wildman–Crippen MR) is 167 cm³/mol. The summed E-state index contributed by atoms with van der Waals surface area (Å²) in [7, 11) is 0. The fraction of sp³-hybridized carbons (Fsp3) is 0.267. The minimum atomic E-state index is -1.06. The third-order valence-electron chi connectivity index (χ3n) is 6.47. The molecule has 0 aliphatic heterocycles. The van der Waals surface area contributed by atoms with Crippen molar-refractivity contribution in [3.63, 3.8) is 0 Å². The van der Waals surface area contributed by atoms with Gasteiger partial charge in [-0.15, -0.1) is 15.2 Å². The Bertz CT molecular complexity index is 1730. The van der Waals surface area contributed by atoms with Crippen LogP contribution >= 0.6 is 0 Å². The molecular weight excluding hydrogens is 618 g/mol. The van der Waals surface area contributed by atoms with E-state index in [0.29, 0.717) is 35.8 Å². The summed E-state index contributed by atoms with van der Waals surface area (Å²) in [6, 6.07) is 20.1. The molecule has 4 aromatic rings. The van der Waals surface area contributed by atoms with Crippen molar-refractivity contribution in [3.8, 4) is 17.1 Å². The van der Waals surface area contributed by atoms with Gasteiger partial charge >= 0.3 is 12.1 Å². The molecule has 17 nitrogen and oxygen atoms in total. The normalized spacial score (nSPS) is 11.2. The maximum atomic E-state index is 11.9. The number of aromatic carboxylic acids is 1. The molecule has 0 saturated heterocycles. The molecule has 47 heavy (non-hydrogen) atoms. The number of carbonyl (C=O) groups is 2. The molecule has 248 valence electrons. The highest BCUT2D eigenvalue weighted by atomic mass is 17.0. The van der Waals surface area contributed by atoms with Crippen LogP contribution in [-0.2, 0) is 25.6 Å². The second-order valence-corrected chi connectivity index (χ2v) is 9.60. The van der Waals surface area contributed by atoms with Crippen molar-refractivity contribution >= 4 is 29.0 Å². The van der Waals surface area contributed by atoms with E-state index in [1.165, 1.54) is 6.07 Å². The molecule has 3 aromatic carbocycles. The van der Waals surface area contributed by atoms with Crippen LogP contribution in [0.4, 0.5) is 4.79 Å². The minimum absolute atomic E-state index is 0.0220. The first-order chi connectivity index (χ1) is 22.7. The minimum Gasteiger partial charge on any atom is -0.478 e. The van der Waals surface area contributed by atoms with Crippen molar-refractivity contribution < 1.29 is 43.6 Å². The number of ether oxygens (including phenoxy) is 4. The van der Waals surface area contributed by atoms with Crippen LogP contribution in [0, 0.1) is 10.1 Å². The molecule has 0 saturated carbocycles.